The van der Waals surface area contributed by atoms with Gasteiger partial charge in [0.2, 0.25) is 0 Å². The van der Waals surface area contributed by atoms with Gasteiger partial charge in [0, 0.05) is 22.3 Å². The summed E-state index contributed by atoms with van der Waals surface area (Å²) in [4.78, 5) is 2.53. The molecule has 0 fully saturated rings. The van der Waals surface area contributed by atoms with Gasteiger partial charge in [-0.25, -0.2) is 0 Å². The molecule has 0 spiro atoms. The summed E-state index contributed by atoms with van der Waals surface area (Å²) in [7, 11) is 0. The lowest BCUT2D eigenvalue weighted by atomic mass is 9.78. The van der Waals surface area contributed by atoms with Crippen molar-refractivity contribution in [2.75, 3.05) is 4.90 Å². The second-order valence-corrected chi connectivity index (χ2v) is 8.81. The van der Waals surface area contributed by atoms with E-state index in [2.05, 4.69) is 63.8 Å². The van der Waals surface area contributed by atoms with Crippen LogP contribution in [0.15, 0.2) is 42.5 Å². The van der Waals surface area contributed by atoms with Crippen LogP contribution in [-0.4, -0.2) is 11.6 Å². The average Bonchev–Trinajstić information content (AvgIpc) is 2.60. The average molecular weight is 379 g/mol. The van der Waals surface area contributed by atoms with Gasteiger partial charge in [0.25, 0.3) is 0 Å². The highest BCUT2D eigenvalue weighted by Gasteiger charge is 2.37. The third-order valence-corrected chi connectivity index (χ3v) is 5.65. The van der Waals surface area contributed by atoms with E-state index in [1.807, 2.05) is 30.3 Å². The van der Waals surface area contributed by atoms with Crippen molar-refractivity contribution in [2.45, 2.75) is 58.5 Å². The lowest BCUT2D eigenvalue weighted by Gasteiger charge is -2.50. The fourth-order valence-corrected chi connectivity index (χ4v) is 4.64. The van der Waals surface area contributed by atoms with Gasteiger partial charge in [0.15, 0.2) is 0 Å². The maximum Gasteiger partial charge on any atom is 0.0998 e. The number of rotatable bonds is 3. The monoisotopic (exact) mass is 378 g/mol. The summed E-state index contributed by atoms with van der Waals surface area (Å²) >= 11 is 5.97. The van der Waals surface area contributed by atoms with Crippen LogP contribution in [0.4, 0.5) is 5.69 Å². The predicted octanol–water partition coefficient (Wildman–Crippen LogP) is 6.90. The third kappa shape index (κ3) is 3.89. The van der Waals surface area contributed by atoms with Gasteiger partial charge < -0.3 is 4.90 Å². The summed E-state index contributed by atoms with van der Waals surface area (Å²) in [6.07, 6.45) is 3.09. The molecular formula is C24H27ClN2. The van der Waals surface area contributed by atoms with Gasteiger partial charge in [-0.3, -0.25) is 0 Å². The molecule has 2 aromatic rings. The van der Waals surface area contributed by atoms with E-state index >= 15 is 0 Å². The van der Waals surface area contributed by atoms with Crippen molar-refractivity contribution in [1.29, 1.82) is 5.26 Å². The number of allylic oxidation sites excluding steroid dienone is 1. The lowest BCUT2D eigenvalue weighted by molar-refractivity contribution is 0.356. The molecular weight excluding hydrogens is 352 g/mol. The van der Waals surface area contributed by atoms with Crippen LogP contribution in [0.1, 0.15) is 63.6 Å². The number of benzene rings is 2. The molecule has 140 valence electrons. The molecule has 0 aromatic heterocycles. The molecule has 0 bridgehead atoms. The molecule has 0 unspecified atom stereocenters. The highest BCUT2D eigenvalue weighted by molar-refractivity contribution is 6.30. The van der Waals surface area contributed by atoms with Gasteiger partial charge in [0.1, 0.15) is 0 Å². The molecule has 0 N–H and O–H groups in total. The number of anilines is 1. The maximum atomic E-state index is 9.62. The Labute approximate surface area is 168 Å². The van der Waals surface area contributed by atoms with Crippen molar-refractivity contribution in [3.05, 3.63) is 64.2 Å². The quantitative estimate of drug-likeness (QED) is 0.428. The first-order valence-corrected chi connectivity index (χ1v) is 9.92. The minimum Gasteiger partial charge on any atom is -0.364 e. The van der Waals surface area contributed by atoms with E-state index < -0.39 is 0 Å². The minimum atomic E-state index is 0.138. The molecule has 2 aromatic carbocycles. The van der Waals surface area contributed by atoms with E-state index in [1.165, 1.54) is 11.3 Å². The molecule has 0 radical (unpaired) electrons. The van der Waals surface area contributed by atoms with Gasteiger partial charge >= 0.3 is 0 Å². The topological polar surface area (TPSA) is 27.0 Å². The fraction of sp³-hybridized carbons (Fsp3) is 0.375. The zero-order valence-electron chi connectivity index (χ0n) is 16.8. The first-order chi connectivity index (χ1) is 12.7. The van der Waals surface area contributed by atoms with E-state index in [9.17, 15) is 5.26 Å². The summed E-state index contributed by atoms with van der Waals surface area (Å²) in [5, 5.41) is 10.3. The predicted molar refractivity (Wildman–Crippen MR) is 116 cm³/mol. The van der Waals surface area contributed by atoms with Crippen molar-refractivity contribution in [3.63, 3.8) is 0 Å². The standard InChI is InChI=1S/C24H27ClN2/c1-16(2)27-23-11-6-18(13-22(23)17(3)14-24(27,4)5)12-20(15-26)19-7-9-21(25)10-8-19/h6-13,16-17H,14H2,1-5H3/b20-12-/t17-/m1/s1. The summed E-state index contributed by atoms with van der Waals surface area (Å²) < 4.78 is 0. The van der Waals surface area contributed by atoms with Crippen LogP contribution in [-0.2, 0) is 0 Å². The summed E-state index contributed by atoms with van der Waals surface area (Å²) in [5.41, 5.74) is 5.42. The molecule has 3 heteroatoms. The second-order valence-electron chi connectivity index (χ2n) is 8.38. The number of hydrogen-bond donors (Lipinski definition) is 0. The van der Waals surface area contributed by atoms with Gasteiger partial charge in [-0.1, -0.05) is 36.7 Å². The Morgan fingerprint density at radius 1 is 1.22 bits per heavy atom. The van der Waals surface area contributed by atoms with Crippen LogP contribution in [0, 0.1) is 11.3 Å². The van der Waals surface area contributed by atoms with Gasteiger partial charge in [-0.05, 0) is 87.1 Å². The SMILES string of the molecule is CC(C)N1c2ccc(/C=C(/C#N)c3ccc(Cl)cc3)cc2[C@H](C)CC1(C)C. The largest absolute Gasteiger partial charge is 0.364 e. The maximum absolute atomic E-state index is 9.62. The zero-order valence-corrected chi connectivity index (χ0v) is 17.5. The van der Waals surface area contributed by atoms with E-state index in [4.69, 9.17) is 11.6 Å². The molecule has 2 nitrogen and oxygen atoms in total. The Kier molecular flexibility index (Phi) is 5.36. The number of halogens is 1. The molecule has 0 saturated heterocycles. The number of nitrogens with zero attached hydrogens (tertiary/aromatic N) is 2. The van der Waals surface area contributed by atoms with Crippen molar-refractivity contribution in [1.82, 2.24) is 0 Å². The Morgan fingerprint density at radius 3 is 2.48 bits per heavy atom. The molecule has 1 aliphatic heterocycles. The Bertz CT molecular complexity index is 901. The van der Waals surface area contributed by atoms with Crippen molar-refractivity contribution >= 4 is 28.9 Å². The minimum absolute atomic E-state index is 0.138. The Hall–Kier alpha value is -2.24. The van der Waals surface area contributed by atoms with Crippen molar-refractivity contribution in [3.8, 4) is 6.07 Å². The lowest BCUT2D eigenvalue weighted by Crippen LogP contribution is -2.51. The second kappa shape index (κ2) is 7.41. The zero-order chi connectivity index (χ0) is 19.8. The first kappa shape index (κ1) is 19.5. The van der Waals surface area contributed by atoms with Crippen LogP contribution >= 0.6 is 11.6 Å². The number of hydrogen-bond acceptors (Lipinski definition) is 2. The number of nitriles is 1. The van der Waals surface area contributed by atoms with E-state index in [1.54, 1.807) is 0 Å². The molecule has 0 amide bonds. The van der Waals surface area contributed by atoms with Gasteiger partial charge in [-0.15, -0.1) is 0 Å². The fourth-order valence-electron chi connectivity index (χ4n) is 4.51. The van der Waals surface area contributed by atoms with E-state index in [0.29, 0.717) is 22.6 Å². The van der Waals surface area contributed by atoms with Gasteiger partial charge in [0.05, 0.1) is 11.6 Å². The molecule has 0 saturated carbocycles. The Balaban J connectivity index is 2.04. The first-order valence-electron chi connectivity index (χ1n) is 9.54. The van der Waals surface area contributed by atoms with Crippen LogP contribution in [0.25, 0.3) is 11.6 Å². The summed E-state index contributed by atoms with van der Waals surface area (Å²) in [6.45, 7) is 11.5. The molecule has 3 rings (SSSR count). The van der Waals surface area contributed by atoms with Crippen molar-refractivity contribution < 1.29 is 0 Å². The van der Waals surface area contributed by atoms with E-state index in [0.717, 1.165) is 17.5 Å². The molecule has 27 heavy (non-hydrogen) atoms. The smallest absolute Gasteiger partial charge is 0.0998 e. The van der Waals surface area contributed by atoms with Crippen LogP contribution < -0.4 is 4.90 Å². The molecule has 1 heterocycles. The summed E-state index contributed by atoms with van der Waals surface area (Å²) in [6, 6.07) is 16.8. The van der Waals surface area contributed by atoms with E-state index in [-0.39, 0.29) is 5.54 Å². The Morgan fingerprint density at radius 2 is 1.89 bits per heavy atom. The number of fused-ring (bicyclic) bond motifs is 1. The van der Waals surface area contributed by atoms with Gasteiger partial charge in [-0.2, -0.15) is 5.26 Å². The van der Waals surface area contributed by atoms with Crippen molar-refractivity contribution in [2.24, 2.45) is 0 Å². The van der Waals surface area contributed by atoms with Crippen LogP contribution in [0.3, 0.4) is 0 Å². The van der Waals surface area contributed by atoms with Crippen LogP contribution in [0.5, 0.6) is 0 Å². The highest BCUT2D eigenvalue weighted by Crippen LogP contribution is 2.44. The molecule has 1 atom stereocenters. The summed E-state index contributed by atoms with van der Waals surface area (Å²) in [5.74, 6) is 0.486. The third-order valence-electron chi connectivity index (χ3n) is 5.40. The highest BCUT2D eigenvalue weighted by atomic mass is 35.5. The normalized spacial score (nSPS) is 19.0. The molecule has 1 aliphatic rings. The van der Waals surface area contributed by atoms with Crippen LogP contribution in [0.2, 0.25) is 5.02 Å². The molecule has 0 aliphatic carbocycles.